The molecule has 0 saturated carbocycles. The monoisotopic (exact) mass is 247 g/mol. The lowest BCUT2D eigenvalue weighted by molar-refractivity contribution is 0.635. The van der Waals surface area contributed by atoms with Crippen molar-refractivity contribution in [2.45, 2.75) is 52.6 Å². The molecule has 1 fully saturated rings. The molecule has 1 aliphatic heterocycles. The lowest BCUT2D eigenvalue weighted by Crippen LogP contribution is -2.31. The highest BCUT2D eigenvalue weighted by Gasteiger charge is 2.26. The third-order valence-electron chi connectivity index (χ3n) is 3.93. The van der Waals surface area contributed by atoms with E-state index in [4.69, 9.17) is 4.98 Å². The van der Waals surface area contributed by atoms with E-state index in [9.17, 15) is 0 Å². The fourth-order valence-electron chi connectivity index (χ4n) is 3.02. The first-order valence-electron chi connectivity index (χ1n) is 7.05. The van der Waals surface area contributed by atoms with Gasteiger partial charge < -0.3 is 10.2 Å². The van der Waals surface area contributed by atoms with Crippen molar-refractivity contribution >= 4 is 5.82 Å². The van der Waals surface area contributed by atoms with Crippen molar-refractivity contribution < 1.29 is 0 Å². The van der Waals surface area contributed by atoms with E-state index >= 15 is 0 Å². The van der Waals surface area contributed by atoms with Crippen LogP contribution in [0.5, 0.6) is 0 Å². The van der Waals surface area contributed by atoms with Crippen molar-refractivity contribution in [3.63, 3.8) is 0 Å². The summed E-state index contributed by atoms with van der Waals surface area (Å²) in [5.41, 5.74) is 3.85. The summed E-state index contributed by atoms with van der Waals surface area (Å²) in [7, 11) is 2.00. The molecule has 1 unspecified atom stereocenters. The zero-order valence-corrected chi connectivity index (χ0v) is 12.1. The number of rotatable bonds is 4. The molecule has 3 heteroatoms. The summed E-state index contributed by atoms with van der Waals surface area (Å²) in [5, 5.41) is 3.27. The number of hydrogen-bond acceptors (Lipinski definition) is 3. The number of anilines is 1. The normalized spacial score (nSPS) is 19.6. The predicted octanol–water partition coefficient (Wildman–Crippen LogP) is 2.80. The van der Waals surface area contributed by atoms with Gasteiger partial charge in [0, 0.05) is 30.4 Å². The van der Waals surface area contributed by atoms with Crippen molar-refractivity contribution in [2.75, 3.05) is 18.5 Å². The molecule has 0 aliphatic carbocycles. The second-order valence-corrected chi connectivity index (χ2v) is 5.31. The summed E-state index contributed by atoms with van der Waals surface area (Å²) in [6, 6.07) is 2.86. The van der Waals surface area contributed by atoms with E-state index in [0.717, 1.165) is 18.8 Å². The summed E-state index contributed by atoms with van der Waals surface area (Å²) in [4.78, 5) is 7.34. The van der Waals surface area contributed by atoms with Crippen LogP contribution in [0.25, 0.3) is 0 Å². The van der Waals surface area contributed by atoms with Crippen LogP contribution in [0.4, 0.5) is 5.82 Å². The van der Waals surface area contributed by atoms with Crippen molar-refractivity contribution in [3.05, 3.63) is 22.9 Å². The number of pyridine rings is 1. The summed E-state index contributed by atoms with van der Waals surface area (Å²) in [5.74, 6) is 1.21. The quantitative estimate of drug-likeness (QED) is 0.887. The zero-order valence-electron chi connectivity index (χ0n) is 12.1. The first-order chi connectivity index (χ1) is 8.67. The summed E-state index contributed by atoms with van der Waals surface area (Å²) in [6.45, 7) is 8.63. The molecule has 1 aromatic heterocycles. The van der Waals surface area contributed by atoms with Gasteiger partial charge in [-0.3, -0.25) is 0 Å². The van der Waals surface area contributed by atoms with Crippen molar-refractivity contribution in [3.8, 4) is 0 Å². The minimum absolute atomic E-state index is 0.675. The van der Waals surface area contributed by atoms with Gasteiger partial charge in [-0.25, -0.2) is 4.98 Å². The molecular weight excluding hydrogens is 222 g/mol. The molecule has 0 radical (unpaired) electrons. The Morgan fingerprint density at radius 3 is 2.89 bits per heavy atom. The molecule has 2 rings (SSSR count). The van der Waals surface area contributed by atoms with Crippen LogP contribution in [0.1, 0.15) is 43.0 Å². The maximum absolute atomic E-state index is 4.82. The summed E-state index contributed by atoms with van der Waals surface area (Å²) in [6.07, 6.45) is 3.82. The molecule has 1 atom stereocenters. The highest BCUT2D eigenvalue weighted by Crippen LogP contribution is 2.30. The average molecular weight is 247 g/mol. The Morgan fingerprint density at radius 1 is 1.44 bits per heavy atom. The van der Waals surface area contributed by atoms with E-state index in [0.29, 0.717) is 6.04 Å². The maximum Gasteiger partial charge on any atom is 0.133 e. The number of aryl methyl sites for hydroxylation is 2. The number of nitrogens with one attached hydrogen (secondary N) is 1. The second-order valence-electron chi connectivity index (χ2n) is 5.31. The van der Waals surface area contributed by atoms with Gasteiger partial charge in [0.2, 0.25) is 0 Å². The lowest BCUT2D eigenvalue weighted by atomic mass is 10.1. The Labute approximate surface area is 111 Å². The van der Waals surface area contributed by atoms with Gasteiger partial charge in [0.1, 0.15) is 5.82 Å². The molecule has 3 nitrogen and oxygen atoms in total. The number of nitrogens with zero attached hydrogens (tertiary/aromatic N) is 2. The van der Waals surface area contributed by atoms with Gasteiger partial charge in [-0.15, -0.1) is 0 Å². The fourth-order valence-corrected chi connectivity index (χ4v) is 3.02. The van der Waals surface area contributed by atoms with Gasteiger partial charge in [0.15, 0.2) is 0 Å². The van der Waals surface area contributed by atoms with Crippen LogP contribution in [-0.4, -0.2) is 24.6 Å². The fraction of sp³-hybridized carbons (Fsp3) is 0.667. The van der Waals surface area contributed by atoms with Gasteiger partial charge in [-0.05, 0) is 51.8 Å². The molecular formula is C15H25N3. The smallest absolute Gasteiger partial charge is 0.133 e. The molecule has 0 amide bonds. The van der Waals surface area contributed by atoms with Crippen molar-refractivity contribution in [1.82, 2.24) is 10.3 Å². The molecule has 2 heterocycles. The number of hydrogen-bond donors (Lipinski definition) is 1. The van der Waals surface area contributed by atoms with Crippen LogP contribution >= 0.6 is 0 Å². The van der Waals surface area contributed by atoms with Crippen molar-refractivity contribution in [2.24, 2.45) is 0 Å². The molecule has 1 saturated heterocycles. The van der Waals surface area contributed by atoms with E-state index in [-0.39, 0.29) is 0 Å². The van der Waals surface area contributed by atoms with Crippen LogP contribution in [0.2, 0.25) is 0 Å². The Hall–Kier alpha value is -1.09. The Bertz CT molecular complexity index is 414. The summed E-state index contributed by atoms with van der Waals surface area (Å²) < 4.78 is 0. The van der Waals surface area contributed by atoms with Crippen molar-refractivity contribution in [1.29, 1.82) is 0 Å². The molecule has 0 spiro atoms. The minimum Gasteiger partial charge on any atom is -0.353 e. The SMILES string of the molecule is CCC1CCCN1c1nc(C)cc(C)c1CNC. The first-order valence-corrected chi connectivity index (χ1v) is 7.05. The third kappa shape index (κ3) is 2.51. The van der Waals surface area contributed by atoms with Gasteiger partial charge in [0.25, 0.3) is 0 Å². The lowest BCUT2D eigenvalue weighted by Gasteiger charge is -2.28. The van der Waals surface area contributed by atoms with Crippen LogP contribution in [-0.2, 0) is 6.54 Å². The maximum atomic E-state index is 4.82. The van der Waals surface area contributed by atoms with E-state index in [1.165, 1.54) is 36.2 Å². The predicted molar refractivity (Wildman–Crippen MR) is 77.1 cm³/mol. The second kappa shape index (κ2) is 5.70. The molecule has 1 aromatic rings. The standard InChI is InChI=1S/C15H25N3/c1-5-13-7-6-8-18(13)15-14(10-16-4)11(2)9-12(3)17-15/h9,13,16H,5-8,10H2,1-4H3. The number of aromatic nitrogens is 1. The third-order valence-corrected chi connectivity index (χ3v) is 3.93. The topological polar surface area (TPSA) is 28.2 Å². The van der Waals surface area contributed by atoms with E-state index in [1.54, 1.807) is 0 Å². The highest BCUT2D eigenvalue weighted by molar-refractivity contribution is 5.53. The first kappa shape index (κ1) is 13.3. The molecule has 1 N–H and O–H groups in total. The molecule has 0 bridgehead atoms. The van der Waals surface area contributed by atoms with Crippen LogP contribution in [0.15, 0.2) is 6.07 Å². The van der Waals surface area contributed by atoms with E-state index in [2.05, 4.69) is 37.1 Å². The van der Waals surface area contributed by atoms with Crippen LogP contribution in [0, 0.1) is 13.8 Å². The van der Waals surface area contributed by atoms with Gasteiger partial charge >= 0.3 is 0 Å². The summed E-state index contributed by atoms with van der Waals surface area (Å²) >= 11 is 0. The molecule has 1 aliphatic rings. The highest BCUT2D eigenvalue weighted by atomic mass is 15.2. The zero-order chi connectivity index (χ0) is 13.1. The minimum atomic E-state index is 0.675. The molecule has 0 aromatic carbocycles. The Morgan fingerprint density at radius 2 is 2.22 bits per heavy atom. The van der Waals surface area contributed by atoms with Gasteiger partial charge in [-0.2, -0.15) is 0 Å². The van der Waals surface area contributed by atoms with Crippen LogP contribution < -0.4 is 10.2 Å². The van der Waals surface area contributed by atoms with E-state index in [1.807, 2.05) is 7.05 Å². The van der Waals surface area contributed by atoms with Gasteiger partial charge in [0.05, 0.1) is 0 Å². The molecule has 18 heavy (non-hydrogen) atoms. The Balaban J connectivity index is 2.41. The molecule has 100 valence electrons. The average Bonchev–Trinajstić information content (AvgIpc) is 2.80. The van der Waals surface area contributed by atoms with E-state index < -0.39 is 0 Å². The largest absolute Gasteiger partial charge is 0.353 e. The van der Waals surface area contributed by atoms with Gasteiger partial charge in [-0.1, -0.05) is 6.92 Å². The Kier molecular flexibility index (Phi) is 4.23. The van der Waals surface area contributed by atoms with Crippen LogP contribution in [0.3, 0.4) is 0 Å².